The molecule has 0 aromatic heterocycles. The topological polar surface area (TPSA) is 41.6 Å². The number of benzene rings is 2. The van der Waals surface area contributed by atoms with Crippen LogP contribution in [0.4, 0.5) is 18.9 Å². The van der Waals surface area contributed by atoms with Crippen molar-refractivity contribution in [2.75, 3.05) is 19.0 Å². The summed E-state index contributed by atoms with van der Waals surface area (Å²) in [4.78, 5) is 12.9. The minimum absolute atomic E-state index is 0.0381. The highest BCUT2D eigenvalue weighted by Gasteiger charge is 2.59. The number of fused-ring (bicyclic) bond motifs is 3. The Kier molecular flexibility index (Phi) is 3.64. The largest absolute Gasteiger partial charge is 0.497 e. The Morgan fingerprint density at radius 2 is 1.88 bits per heavy atom. The van der Waals surface area contributed by atoms with E-state index in [1.165, 1.54) is 0 Å². The summed E-state index contributed by atoms with van der Waals surface area (Å²) in [7, 11) is 1.56. The predicted molar refractivity (Wildman–Crippen MR) is 90.0 cm³/mol. The average molecular weight is 362 g/mol. The predicted octanol–water partition coefficient (Wildman–Crippen LogP) is 3.53. The molecule has 0 saturated carbocycles. The standard InChI is InChI=1S/C19H17F3N2O2/c1-26-13-8-6-12(7-9-13)18-10-11-24(17(25)19(20,21)22)16(18)23-15-5-3-2-4-14(15)18/h2-9,16,23H,10-11H2,1H3/t16-,18+/m1/s1. The maximum absolute atomic E-state index is 13.1. The molecule has 1 N–H and O–H groups in total. The van der Waals surface area contributed by atoms with Crippen LogP contribution in [0.1, 0.15) is 17.5 Å². The SMILES string of the molecule is COc1ccc([C@]23CCN(C(=O)C(F)(F)F)[C@H]2Nc2ccccc23)cc1. The molecule has 2 aromatic rings. The number of alkyl halides is 3. The van der Waals surface area contributed by atoms with Gasteiger partial charge in [0.15, 0.2) is 0 Å². The van der Waals surface area contributed by atoms with Crippen molar-refractivity contribution in [2.45, 2.75) is 24.2 Å². The Morgan fingerprint density at radius 3 is 2.54 bits per heavy atom. The molecule has 0 radical (unpaired) electrons. The van der Waals surface area contributed by atoms with Gasteiger partial charge in [0, 0.05) is 12.2 Å². The van der Waals surface area contributed by atoms with E-state index in [0.29, 0.717) is 12.2 Å². The normalized spacial score (nSPS) is 24.0. The van der Waals surface area contributed by atoms with Crippen molar-refractivity contribution >= 4 is 11.6 Å². The fourth-order valence-corrected chi connectivity index (χ4v) is 4.18. The second kappa shape index (κ2) is 5.65. The zero-order valence-electron chi connectivity index (χ0n) is 14.0. The number of methoxy groups -OCH3 is 1. The quantitative estimate of drug-likeness (QED) is 0.889. The molecular formula is C19H17F3N2O2. The first-order valence-electron chi connectivity index (χ1n) is 8.26. The summed E-state index contributed by atoms with van der Waals surface area (Å²) in [6.07, 6.45) is -5.26. The molecule has 2 atom stereocenters. The third-order valence-corrected chi connectivity index (χ3v) is 5.33. The number of carbonyl (C=O) groups excluding carboxylic acids is 1. The number of para-hydroxylation sites is 1. The Morgan fingerprint density at radius 1 is 1.19 bits per heavy atom. The molecular weight excluding hydrogens is 345 g/mol. The fraction of sp³-hybridized carbons (Fsp3) is 0.316. The summed E-state index contributed by atoms with van der Waals surface area (Å²) >= 11 is 0. The van der Waals surface area contributed by atoms with Crippen molar-refractivity contribution < 1.29 is 22.7 Å². The van der Waals surface area contributed by atoms with Crippen molar-refractivity contribution in [1.82, 2.24) is 4.90 Å². The Hall–Kier alpha value is -2.70. The van der Waals surface area contributed by atoms with Crippen LogP contribution in [0.25, 0.3) is 0 Å². The van der Waals surface area contributed by atoms with E-state index in [9.17, 15) is 18.0 Å². The van der Waals surface area contributed by atoms with Gasteiger partial charge in [0.25, 0.3) is 0 Å². The van der Waals surface area contributed by atoms with Crippen LogP contribution in [-0.2, 0) is 10.2 Å². The lowest BCUT2D eigenvalue weighted by molar-refractivity contribution is -0.186. The van der Waals surface area contributed by atoms with E-state index < -0.39 is 23.7 Å². The molecule has 0 aliphatic carbocycles. The average Bonchev–Trinajstić information content (AvgIpc) is 3.15. The van der Waals surface area contributed by atoms with E-state index in [1.807, 2.05) is 36.4 Å². The number of hydrogen-bond donors (Lipinski definition) is 1. The summed E-state index contributed by atoms with van der Waals surface area (Å²) in [6.45, 7) is 0.0381. The molecule has 26 heavy (non-hydrogen) atoms. The van der Waals surface area contributed by atoms with Crippen molar-refractivity contribution in [3.8, 4) is 5.75 Å². The minimum atomic E-state index is -4.90. The van der Waals surface area contributed by atoms with Gasteiger partial charge in [-0.15, -0.1) is 0 Å². The van der Waals surface area contributed by atoms with Crippen LogP contribution >= 0.6 is 0 Å². The molecule has 4 rings (SSSR count). The summed E-state index contributed by atoms with van der Waals surface area (Å²) in [5.41, 5.74) is 1.81. The second-order valence-electron chi connectivity index (χ2n) is 6.54. The van der Waals surface area contributed by atoms with E-state index >= 15 is 0 Å². The first-order chi connectivity index (χ1) is 12.4. The maximum atomic E-state index is 13.1. The maximum Gasteiger partial charge on any atom is 0.471 e. The van der Waals surface area contributed by atoms with Crippen LogP contribution in [0.15, 0.2) is 48.5 Å². The number of anilines is 1. The third kappa shape index (κ3) is 2.26. The van der Waals surface area contributed by atoms with Crippen LogP contribution in [-0.4, -0.2) is 36.8 Å². The lowest BCUT2D eigenvalue weighted by Gasteiger charge is -2.33. The van der Waals surface area contributed by atoms with Crippen LogP contribution in [0.2, 0.25) is 0 Å². The second-order valence-corrected chi connectivity index (χ2v) is 6.54. The number of likely N-dealkylation sites (tertiary alicyclic amines) is 1. The molecule has 2 aliphatic rings. The molecule has 7 heteroatoms. The molecule has 4 nitrogen and oxygen atoms in total. The van der Waals surface area contributed by atoms with E-state index in [-0.39, 0.29) is 6.54 Å². The van der Waals surface area contributed by atoms with Gasteiger partial charge < -0.3 is 15.0 Å². The first-order valence-corrected chi connectivity index (χ1v) is 8.26. The number of rotatable bonds is 2. The van der Waals surface area contributed by atoms with Crippen LogP contribution in [0.5, 0.6) is 5.75 Å². The number of nitrogens with zero attached hydrogens (tertiary/aromatic N) is 1. The summed E-state index contributed by atoms with van der Waals surface area (Å²) in [6, 6.07) is 14.7. The van der Waals surface area contributed by atoms with E-state index in [0.717, 1.165) is 21.7 Å². The number of hydrogen-bond acceptors (Lipinski definition) is 3. The molecule has 0 spiro atoms. The molecule has 1 fully saturated rings. The number of halogens is 3. The zero-order valence-corrected chi connectivity index (χ0v) is 14.0. The van der Waals surface area contributed by atoms with Gasteiger partial charge in [-0.2, -0.15) is 13.2 Å². The van der Waals surface area contributed by atoms with Gasteiger partial charge in [-0.25, -0.2) is 0 Å². The minimum Gasteiger partial charge on any atom is -0.497 e. The van der Waals surface area contributed by atoms with Gasteiger partial charge in [-0.1, -0.05) is 30.3 Å². The summed E-state index contributed by atoms with van der Waals surface area (Å²) < 4.78 is 44.4. The van der Waals surface area contributed by atoms with E-state index in [2.05, 4.69) is 5.32 Å². The van der Waals surface area contributed by atoms with E-state index in [4.69, 9.17) is 4.74 Å². The monoisotopic (exact) mass is 362 g/mol. The first kappa shape index (κ1) is 16.8. The van der Waals surface area contributed by atoms with E-state index in [1.54, 1.807) is 19.2 Å². The smallest absolute Gasteiger partial charge is 0.471 e. The highest BCUT2D eigenvalue weighted by atomic mass is 19.4. The van der Waals surface area contributed by atoms with Crippen LogP contribution in [0, 0.1) is 0 Å². The van der Waals surface area contributed by atoms with Crippen molar-refractivity contribution in [3.05, 3.63) is 59.7 Å². The summed E-state index contributed by atoms with van der Waals surface area (Å²) in [5, 5.41) is 3.14. The van der Waals surface area contributed by atoms with Gasteiger partial charge in [0.05, 0.1) is 12.5 Å². The molecule has 2 heterocycles. The highest BCUT2D eigenvalue weighted by molar-refractivity contribution is 5.84. The third-order valence-electron chi connectivity index (χ3n) is 5.33. The van der Waals surface area contributed by atoms with Gasteiger partial charge >= 0.3 is 12.1 Å². The van der Waals surface area contributed by atoms with Gasteiger partial charge in [-0.05, 0) is 35.7 Å². The number of ether oxygens (including phenoxy) is 1. The number of carbonyl (C=O) groups is 1. The van der Waals surface area contributed by atoms with Gasteiger partial charge in [0.1, 0.15) is 11.9 Å². The van der Waals surface area contributed by atoms with Crippen LogP contribution < -0.4 is 10.1 Å². The molecule has 0 bridgehead atoms. The number of nitrogens with one attached hydrogen (secondary N) is 1. The molecule has 1 amide bonds. The lowest BCUT2D eigenvalue weighted by Crippen LogP contribution is -2.50. The highest BCUT2D eigenvalue weighted by Crippen LogP contribution is 2.53. The van der Waals surface area contributed by atoms with Crippen molar-refractivity contribution in [3.63, 3.8) is 0 Å². The Labute approximate surface area is 148 Å². The molecule has 1 saturated heterocycles. The van der Waals surface area contributed by atoms with Crippen molar-refractivity contribution in [1.29, 1.82) is 0 Å². The molecule has 0 unspecified atom stereocenters. The van der Waals surface area contributed by atoms with Gasteiger partial charge in [0.2, 0.25) is 0 Å². The number of amides is 1. The molecule has 136 valence electrons. The Bertz CT molecular complexity index is 851. The fourth-order valence-electron chi connectivity index (χ4n) is 4.18. The van der Waals surface area contributed by atoms with Crippen LogP contribution in [0.3, 0.4) is 0 Å². The molecule has 2 aromatic carbocycles. The van der Waals surface area contributed by atoms with Gasteiger partial charge in [-0.3, -0.25) is 4.79 Å². The zero-order chi connectivity index (χ0) is 18.5. The molecule has 2 aliphatic heterocycles. The van der Waals surface area contributed by atoms with Crippen molar-refractivity contribution in [2.24, 2.45) is 0 Å². The lowest BCUT2D eigenvalue weighted by atomic mass is 9.73. The summed E-state index contributed by atoms with van der Waals surface area (Å²) in [5.74, 6) is -1.14. The Balaban J connectivity index is 1.84.